The maximum absolute atomic E-state index is 13.0. The van der Waals surface area contributed by atoms with Gasteiger partial charge in [-0.3, -0.25) is 18.7 Å². The number of aromatic nitrogens is 3. The van der Waals surface area contributed by atoms with Crippen LogP contribution in [0.3, 0.4) is 0 Å². The summed E-state index contributed by atoms with van der Waals surface area (Å²) in [6, 6.07) is 4.98. The fourth-order valence-electron chi connectivity index (χ4n) is 2.82. The zero-order valence-electron chi connectivity index (χ0n) is 16.4. The molecule has 0 atom stereocenters. The Hall–Kier alpha value is -3.38. The third kappa shape index (κ3) is 4.32. The summed E-state index contributed by atoms with van der Waals surface area (Å²) in [4.78, 5) is 28.8. The molecule has 0 saturated carbocycles. The van der Waals surface area contributed by atoms with Crippen LogP contribution in [-0.4, -0.2) is 30.2 Å². The van der Waals surface area contributed by atoms with Gasteiger partial charge in [0.1, 0.15) is 10.9 Å². The first kappa shape index (κ1) is 23.3. The van der Waals surface area contributed by atoms with Crippen LogP contribution in [-0.2, 0) is 20.3 Å². The molecule has 8 nitrogen and oxygen atoms in total. The van der Waals surface area contributed by atoms with Crippen LogP contribution in [0.5, 0.6) is 11.6 Å². The minimum Gasteiger partial charge on any atom is -0.506 e. The molecule has 2 aromatic heterocycles. The molecule has 1 aromatic carbocycles. The summed E-state index contributed by atoms with van der Waals surface area (Å²) >= 11 is 10.7. The highest BCUT2D eigenvalue weighted by atomic mass is 35.5. The molecule has 1 amide bonds. The lowest BCUT2D eigenvalue weighted by molar-refractivity contribution is -0.137. The number of benzene rings is 1. The molecule has 0 aliphatic heterocycles. The van der Waals surface area contributed by atoms with Crippen LogP contribution in [0.1, 0.15) is 15.9 Å². The van der Waals surface area contributed by atoms with E-state index in [2.05, 4.69) is 10.3 Å². The Morgan fingerprint density at radius 3 is 2.41 bits per heavy atom. The minimum absolute atomic E-state index is 0.0245. The van der Waals surface area contributed by atoms with E-state index in [4.69, 9.17) is 23.8 Å². The first-order chi connectivity index (χ1) is 14.8. The summed E-state index contributed by atoms with van der Waals surface area (Å²) in [5, 5.41) is 22.3. The summed E-state index contributed by atoms with van der Waals surface area (Å²) < 4.78 is 41.1. The molecule has 3 rings (SSSR count). The SMILES string of the molecule is Cn1c(O)c(C(=O)Nc2ccc(-c3cc(C(F)(F)F)cc(Cl)n3)cc2O)c(=O)n(C)c1=S. The number of carbonyl (C=O) groups is 1. The van der Waals surface area contributed by atoms with Gasteiger partial charge in [0.25, 0.3) is 11.5 Å². The van der Waals surface area contributed by atoms with Gasteiger partial charge in [-0.05, 0) is 36.5 Å². The van der Waals surface area contributed by atoms with Crippen molar-refractivity contribution in [3.05, 3.63) is 61.7 Å². The number of anilines is 1. The van der Waals surface area contributed by atoms with Gasteiger partial charge in [-0.2, -0.15) is 13.2 Å². The number of aromatic hydroxyl groups is 2. The Kier molecular flexibility index (Phi) is 6.03. The van der Waals surface area contributed by atoms with Gasteiger partial charge in [-0.15, -0.1) is 0 Å². The normalized spacial score (nSPS) is 11.4. The molecule has 13 heteroatoms. The smallest absolute Gasteiger partial charge is 0.416 e. The van der Waals surface area contributed by atoms with E-state index in [0.29, 0.717) is 6.07 Å². The average molecular weight is 487 g/mol. The number of halogens is 4. The molecular weight excluding hydrogens is 473 g/mol. The Morgan fingerprint density at radius 1 is 1.16 bits per heavy atom. The number of pyridine rings is 1. The van der Waals surface area contributed by atoms with E-state index < -0.39 is 45.6 Å². The number of phenolic OH excluding ortho intramolecular Hbond substituents is 1. The zero-order chi connectivity index (χ0) is 24.0. The van der Waals surface area contributed by atoms with Crippen LogP contribution in [0.2, 0.25) is 5.15 Å². The molecule has 0 spiro atoms. The lowest BCUT2D eigenvalue weighted by Gasteiger charge is -2.13. The lowest BCUT2D eigenvalue weighted by atomic mass is 10.1. The van der Waals surface area contributed by atoms with Crippen LogP contribution in [0.4, 0.5) is 18.9 Å². The summed E-state index contributed by atoms with van der Waals surface area (Å²) in [5.41, 5.74) is -2.72. The van der Waals surface area contributed by atoms with Crippen molar-refractivity contribution in [2.24, 2.45) is 14.1 Å². The summed E-state index contributed by atoms with van der Waals surface area (Å²) in [7, 11) is 2.67. The number of hydrogen-bond acceptors (Lipinski definition) is 6. The predicted molar refractivity (Wildman–Crippen MR) is 112 cm³/mol. The third-order valence-corrected chi connectivity index (χ3v) is 5.27. The number of phenols is 1. The molecule has 0 unspecified atom stereocenters. The molecular formula is C19H14ClF3N4O4S. The second kappa shape index (κ2) is 8.28. The Bertz CT molecular complexity index is 1370. The van der Waals surface area contributed by atoms with Gasteiger partial charge in [-0.25, -0.2) is 4.98 Å². The third-order valence-electron chi connectivity index (χ3n) is 4.52. The van der Waals surface area contributed by atoms with E-state index in [0.717, 1.165) is 21.3 Å². The molecule has 0 radical (unpaired) electrons. The molecule has 168 valence electrons. The molecule has 0 bridgehead atoms. The van der Waals surface area contributed by atoms with Gasteiger partial charge in [0, 0.05) is 19.7 Å². The van der Waals surface area contributed by atoms with Crippen molar-refractivity contribution < 1.29 is 28.2 Å². The number of nitrogens with one attached hydrogen (secondary N) is 1. The number of nitrogens with zero attached hydrogens (tertiary/aromatic N) is 3. The molecule has 0 aliphatic carbocycles. The van der Waals surface area contributed by atoms with Crippen LogP contribution >= 0.6 is 23.8 Å². The summed E-state index contributed by atoms with van der Waals surface area (Å²) in [5.74, 6) is -2.22. The molecule has 0 aliphatic rings. The van der Waals surface area contributed by atoms with E-state index >= 15 is 0 Å². The first-order valence-electron chi connectivity index (χ1n) is 8.69. The maximum atomic E-state index is 13.0. The van der Waals surface area contributed by atoms with Crippen molar-refractivity contribution in [1.29, 1.82) is 0 Å². The number of hydrogen-bond donors (Lipinski definition) is 3. The highest BCUT2D eigenvalue weighted by Gasteiger charge is 2.31. The van der Waals surface area contributed by atoms with Gasteiger partial charge in [0.2, 0.25) is 5.88 Å². The minimum atomic E-state index is -4.65. The maximum Gasteiger partial charge on any atom is 0.416 e. The van der Waals surface area contributed by atoms with Crippen LogP contribution in [0.15, 0.2) is 35.1 Å². The Morgan fingerprint density at radius 2 is 1.81 bits per heavy atom. The summed E-state index contributed by atoms with van der Waals surface area (Å²) in [6.45, 7) is 0. The number of alkyl halides is 3. The van der Waals surface area contributed by atoms with Crippen molar-refractivity contribution >= 4 is 35.4 Å². The van der Waals surface area contributed by atoms with Crippen molar-refractivity contribution in [2.75, 3.05) is 5.32 Å². The molecule has 32 heavy (non-hydrogen) atoms. The highest BCUT2D eigenvalue weighted by Crippen LogP contribution is 2.35. The molecule has 3 N–H and O–H groups in total. The predicted octanol–water partition coefficient (Wildman–Crippen LogP) is 3.85. The van der Waals surface area contributed by atoms with E-state index in [1.807, 2.05) is 0 Å². The van der Waals surface area contributed by atoms with E-state index in [-0.39, 0.29) is 21.7 Å². The van der Waals surface area contributed by atoms with Gasteiger partial charge in [0.05, 0.1) is 16.9 Å². The van der Waals surface area contributed by atoms with Crippen molar-refractivity contribution in [2.45, 2.75) is 6.18 Å². The number of rotatable bonds is 3. The van der Waals surface area contributed by atoms with Gasteiger partial charge in [0.15, 0.2) is 10.3 Å². The van der Waals surface area contributed by atoms with Crippen molar-refractivity contribution in [1.82, 2.24) is 14.1 Å². The second-order valence-corrected chi connectivity index (χ2v) is 7.40. The van der Waals surface area contributed by atoms with Crippen LogP contribution < -0.4 is 10.9 Å². The van der Waals surface area contributed by atoms with Gasteiger partial charge < -0.3 is 15.5 Å². The van der Waals surface area contributed by atoms with Crippen molar-refractivity contribution in [3.8, 4) is 22.9 Å². The highest BCUT2D eigenvalue weighted by molar-refractivity contribution is 7.71. The monoisotopic (exact) mass is 486 g/mol. The Balaban J connectivity index is 1.98. The number of carbonyl (C=O) groups excluding carboxylic acids is 1. The molecule has 2 heterocycles. The lowest BCUT2D eigenvalue weighted by Crippen LogP contribution is -2.31. The van der Waals surface area contributed by atoms with E-state index in [9.17, 15) is 33.0 Å². The Labute approximate surface area is 188 Å². The topological polar surface area (TPSA) is 109 Å². The number of amides is 1. The fourth-order valence-corrected chi connectivity index (χ4v) is 3.20. The van der Waals surface area contributed by atoms with Gasteiger partial charge >= 0.3 is 6.18 Å². The summed E-state index contributed by atoms with van der Waals surface area (Å²) in [6.07, 6.45) is -4.65. The van der Waals surface area contributed by atoms with Crippen LogP contribution in [0.25, 0.3) is 11.3 Å². The van der Waals surface area contributed by atoms with Crippen LogP contribution in [0, 0.1) is 4.77 Å². The fraction of sp³-hybridized carbons (Fsp3) is 0.158. The zero-order valence-corrected chi connectivity index (χ0v) is 17.9. The molecule has 0 fully saturated rings. The average Bonchev–Trinajstić information content (AvgIpc) is 2.71. The molecule has 3 aromatic rings. The molecule has 0 saturated heterocycles. The van der Waals surface area contributed by atoms with E-state index in [1.54, 1.807) is 0 Å². The van der Waals surface area contributed by atoms with E-state index in [1.165, 1.54) is 26.2 Å². The second-order valence-electron chi connectivity index (χ2n) is 6.65. The quantitative estimate of drug-likeness (QED) is 0.295. The van der Waals surface area contributed by atoms with Gasteiger partial charge in [-0.1, -0.05) is 17.7 Å². The van der Waals surface area contributed by atoms with Crippen molar-refractivity contribution in [3.63, 3.8) is 0 Å². The largest absolute Gasteiger partial charge is 0.506 e. The first-order valence-corrected chi connectivity index (χ1v) is 9.48. The standard InChI is InChI=1S/C19H14ClF3N4O4S/c1-26-16(30)14(17(31)27(2)18(26)32)15(29)25-10-4-3-8(5-12(10)28)11-6-9(19(21,22)23)7-13(20)24-11/h3-7,28,30H,1-2H3,(H,25,29).